The topological polar surface area (TPSA) is 0 Å². The average molecular weight is 449 g/mol. The van der Waals surface area contributed by atoms with Crippen LogP contribution in [0.1, 0.15) is 93.4 Å². The molecule has 0 heterocycles. The predicted molar refractivity (Wildman–Crippen MR) is 135 cm³/mol. The fourth-order valence-corrected chi connectivity index (χ4v) is 5.93. The van der Waals surface area contributed by atoms with Gasteiger partial charge in [0, 0.05) is 5.56 Å². The summed E-state index contributed by atoms with van der Waals surface area (Å²) in [6.07, 6.45) is 17.4. The lowest BCUT2D eigenvalue weighted by molar-refractivity contribution is 0.220. The van der Waals surface area contributed by atoms with E-state index >= 15 is 0 Å². The number of allylic oxidation sites excluding steroid dienone is 4. The molecule has 4 rings (SSSR count). The second-order valence-corrected chi connectivity index (χ2v) is 9.98. The third-order valence-electron chi connectivity index (χ3n) is 8.07. The summed E-state index contributed by atoms with van der Waals surface area (Å²) in [4.78, 5) is 0. The van der Waals surface area contributed by atoms with Crippen molar-refractivity contribution >= 4 is 5.57 Å². The van der Waals surface area contributed by atoms with E-state index in [2.05, 4.69) is 49.4 Å². The molecule has 0 aromatic heterocycles. The lowest BCUT2D eigenvalue weighted by atomic mass is 9.70. The first-order valence-corrected chi connectivity index (χ1v) is 13.0. The fourth-order valence-electron chi connectivity index (χ4n) is 5.93. The number of hydrogen-bond donors (Lipinski definition) is 0. The lowest BCUT2D eigenvalue weighted by Gasteiger charge is -2.35. The van der Waals surface area contributed by atoms with Gasteiger partial charge in [0.2, 0.25) is 0 Å². The molecule has 2 aromatic rings. The third kappa shape index (κ3) is 5.65. The molecule has 1 saturated carbocycles. The van der Waals surface area contributed by atoms with E-state index in [1.807, 2.05) is 6.92 Å². The molecule has 1 unspecified atom stereocenters. The molecule has 1 atom stereocenters. The molecule has 0 radical (unpaired) electrons. The maximum Gasteiger partial charge on any atom is 0.166 e. The first-order chi connectivity index (χ1) is 16.1. The lowest BCUT2D eigenvalue weighted by Crippen LogP contribution is -2.22. The number of halogens is 2. The Kier molecular flexibility index (Phi) is 8.17. The van der Waals surface area contributed by atoms with Gasteiger partial charge in [-0.3, -0.25) is 0 Å². The zero-order valence-electron chi connectivity index (χ0n) is 20.3. The molecule has 0 nitrogen and oxygen atoms in total. The molecule has 2 heteroatoms. The van der Waals surface area contributed by atoms with Crippen molar-refractivity contribution in [3.8, 4) is 0 Å². The van der Waals surface area contributed by atoms with Gasteiger partial charge in [0.05, 0.1) is 0 Å². The van der Waals surface area contributed by atoms with Crippen LogP contribution in [-0.2, 0) is 12.8 Å². The zero-order chi connectivity index (χ0) is 23.2. The largest absolute Gasteiger partial charge is 0.203 e. The third-order valence-corrected chi connectivity index (χ3v) is 8.07. The average Bonchev–Trinajstić information content (AvgIpc) is 2.87. The van der Waals surface area contributed by atoms with Crippen molar-refractivity contribution in [3.63, 3.8) is 0 Å². The van der Waals surface area contributed by atoms with E-state index in [0.717, 1.165) is 43.6 Å². The summed E-state index contributed by atoms with van der Waals surface area (Å²) in [6.45, 7) is 3.94. The Morgan fingerprint density at radius 3 is 2.27 bits per heavy atom. The molecule has 1 fully saturated rings. The number of benzene rings is 2. The first-order valence-electron chi connectivity index (χ1n) is 13.0. The van der Waals surface area contributed by atoms with Crippen LogP contribution in [0.5, 0.6) is 0 Å². The van der Waals surface area contributed by atoms with Crippen LogP contribution in [0.25, 0.3) is 5.57 Å². The Bertz CT molecular complexity index is 975. The van der Waals surface area contributed by atoms with Gasteiger partial charge in [0.1, 0.15) is 0 Å². The molecule has 0 bridgehead atoms. The summed E-state index contributed by atoms with van der Waals surface area (Å²) in [7, 11) is 0. The van der Waals surface area contributed by atoms with Gasteiger partial charge in [0.25, 0.3) is 0 Å². The highest BCUT2D eigenvalue weighted by atomic mass is 19.2. The molecule has 2 aliphatic carbocycles. The summed E-state index contributed by atoms with van der Waals surface area (Å²) in [5, 5.41) is 0. The molecule has 0 aliphatic heterocycles. The highest BCUT2D eigenvalue weighted by molar-refractivity contribution is 5.67. The number of hydrogen-bond acceptors (Lipinski definition) is 0. The monoisotopic (exact) mass is 448 g/mol. The Morgan fingerprint density at radius 2 is 1.64 bits per heavy atom. The van der Waals surface area contributed by atoms with Crippen molar-refractivity contribution < 1.29 is 8.78 Å². The van der Waals surface area contributed by atoms with E-state index in [1.165, 1.54) is 36.8 Å². The van der Waals surface area contributed by atoms with E-state index in [4.69, 9.17) is 0 Å². The Hall–Kier alpha value is -2.22. The Morgan fingerprint density at radius 1 is 0.879 bits per heavy atom. The van der Waals surface area contributed by atoms with Gasteiger partial charge in [-0.2, -0.15) is 0 Å². The Balaban J connectivity index is 1.31. The molecule has 0 spiro atoms. The van der Waals surface area contributed by atoms with E-state index in [1.54, 1.807) is 12.1 Å². The minimum absolute atomic E-state index is 0.464. The van der Waals surface area contributed by atoms with Crippen molar-refractivity contribution in [2.75, 3.05) is 0 Å². The van der Waals surface area contributed by atoms with Crippen molar-refractivity contribution in [3.05, 3.63) is 88.5 Å². The summed E-state index contributed by atoms with van der Waals surface area (Å²) in [6, 6.07) is 12.9. The summed E-state index contributed by atoms with van der Waals surface area (Å²) >= 11 is 0. The van der Waals surface area contributed by atoms with E-state index in [-0.39, 0.29) is 0 Å². The highest BCUT2D eigenvalue weighted by Gasteiger charge is 2.30. The van der Waals surface area contributed by atoms with Crippen LogP contribution in [0.4, 0.5) is 8.78 Å². The molecule has 0 saturated heterocycles. The zero-order valence-corrected chi connectivity index (χ0v) is 20.3. The van der Waals surface area contributed by atoms with Crippen LogP contribution in [0.3, 0.4) is 0 Å². The number of aryl methyl sites for hydroxylation is 2. The van der Waals surface area contributed by atoms with Gasteiger partial charge in [-0.15, -0.1) is 0 Å². The second-order valence-electron chi connectivity index (χ2n) is 9.98. The second kappa shape index (κ2) is 11.3. The first kappa shape index (κ1) is 23.9. The highest BCUT2D eigenvalue weighted by Crippen LogP contribution is 2.44. The van der Waals surface area contributed by atoms with Gasteiger partial charge >= 0.3 is 0 Å². The molecule has 0 amide bonds. The van der Waals surface area contributed by atoms with Crippen molar-refractivity contribution in [2.24, 2.45) is 11.8 Å². The summed E-state index contributed by atoms with van der Waals surface area (Å²) < 4.78 is 28.8. The smallest absolute Gasteiger partial charge is 0.166 e. The minimum atomic E-state index is -0.665. The van der Waals surface area contributed by atoms with E-state index in [9.17, 15) is 8.78 Å². The molecule has 33 heavy (non-hydrogen) atoms. The van der Waals surface area contributed by atoms with E-state index < -0.39 is 11.6 Å². The number of rotatable bonds is 7. The predicted octanol–water partition coefficient (Wildman–Crippen LogP) is 9.19. The quantitative estimate of drug-likeness (QED) is 0.370. The van der Waals surface area contributed by atoms with Gasteiger partial charge in [-0.25, -0.2) is 8.78 Å². The SMILES string of the molecule is CC=CCCc1ccc(C2CCC(C3CC=C(c4ccc(CC)c(F)c4F)CC3)CC2)cc1. The minimum Gasteiger partial charge on any atom is -0.203 e. The summed E-state index contributed by atoms with van der Waals surface area (Å²) in [5.41, 5.74) is 4.86. The molecule has 2 aliphatic rings. The van der Waals surface area contributed by atoms with Crippen LogP contribution in [-0.4, -0.2) is 0 Å². The normalized spacial score (nSPS) is 23.6. The molecule has 2 aromatic carbocycles. The fraction of sp³-hybridized carbons (Fsp3) is 0.484. The van der Waals surface area contributed by atoms with Crippen molar-refractivity contribution in [1.82, 2.24) is 0 Å². The molecular formula is C31H38F2. The van der Waals surface area contributed by atoms with Crippen LogP contribution in [0, 0.1) is 23.5 Å². The van der Waals surface area contributed by atoms with Crippen molar-refractivity contribution in [2.45, 2.75) is 84.0 Å². The molecule has 0 N–H and O–H groups in total. The van der Waals surface area contributed by atoms with Gasteiger partial charge in [-0.1, -0.05) is 61.5 Å². The van der Waals surface area contributed by atoms with Crippen molar-refractivity contribution in [1.29, 1.82) is 0 Å². The maximum atomic E-state index is 14.6. The van der Waals surface area contributed by atoms with Crippen LogP contribution in [0.15, 0.2) is 54.6 Å². The summed E-state index contributed by atoms with van der Waals surface area (Å²) in [5.74, 6) is 0.819. The Labute approximate surface area is 198 Å². The van der Waals surface area contributed by atoms with Gasteiger partial charge < -0.3 is 0 Å². The van der Waals surface area contributed by atoms with Crippen LogP contribution >= 0.6 is 0 Å². The van der Waals surface area contributed by atoms with Gasteiger partial charge in [-0.05, 0) is 111 Å². The maximum absolute atomic E-state index is 14.6. The van der Waals surface area contributed by atoms with Gasteiger partial charge in [0.15, 0.2) is 11.6 Å². The standard InChI is InChI=1S/C31H38F2/c1-3-5-6-7-22-8-10-24(11-9-22)25-12-14-26(15-13-25)27-16-18-28(19-17-27)29-21-20-23(4-2)30(32)31(29)33/h3,5,8-11,18,20-21,25-27H,4,6-7,12-17,19H2,1-2H3. The molecular weight excluding hydrogens is 410 g/mol. The molecule has 176 valence electrons. The van der Waals surface area contributed by atoms with Crippen LogP contribution < -0.4 is 0 Å². The van der Waals surface area contributed by atoms with E-state index in [0.29, 0.717) is 29.4 Å². The van der Waals surface area contributed by atoms with Crippen LogP contribution in [0.2, 0.25) is 0 Å².